The van der Waals surface area contributed by atoms with Gasteiger partial charge >= 0.3 is 0 Å². The largest absolute Gasteiger partial charge is 0.342 e. The van der Waals surface area contributed by atoms with Crippen molar-refractivity contribution in [3.8, 4) is 0 Å². The first kappa shape index (κ1) is 19.3. The van der Waals surface area contributed by atoms with Crippen LogP contribution in [0.1, 0.15) is 25.3 Å². The number of likely N-dealkylation sites (tertiary alicyclic amines) is 1. The molecular formula is C21H23NO4S. The van der Waals surface area contributed by atoms with Gasteiger partial charge in [-0.25, -0.2) is 8.42 Å². The van der Waals surface area contributed by atoms with Crippen LogP contribution in [0.4, 0.5) is 0 Å². The number of ketones is 1. The number of hydrogen-bond donors (Lipinski definition) is 0. The van der Waals surface area contributed by atoms with E-state index < -0.39 is 26.9 Å². The molecule has 0 saturated carbocycles. The van der Waals surface area contributed by atoms with E-state index in [4.69, 9.17) is 0 Å². The average Bonchev–Trinajstić information content (AvgIpc) is 2.69. The Hall–Kier alpha value is -2.47. The van der Waals surface area contributed by atoms with Crippen molar-refractivity contribution >= 4 is 21.5 Å². The van der Waals surface area contributed by atoms with Crippen molar-refractivity contribution < 1.29 is 18.0 Å². The highest BCUT2D eigenvalue weighted by atomic mass is 32.2. The van der Waals surface area contributed by atoms with Gasteiger partial charge in [-0.15, -0.1) is 0 Å². The van der Waals surface area contributed by atoms with Gasteiger partial charge in [-0.3, -0.25) is 9.59 Å². The van der Waals surface area contributed by atoms with Crippen molar-refractivity contribution in [2.45, 2.75) is 30.1 Å². The molecule has 0 spiro atoms. The summed E-state index contributed by atoms with van der Waals surface area (Å²) < 4.78 is 24.9. The molecule has 27 heavy (non-hydrogen) atoms. The lowest BCUT2D eigenvalue weighted by Crippen LogP contribution is -2.49. The van der Waals surface area contributed by atoms with Gasteiger partial charge in [0.05, 0.1) is 10.3 Å². The molecule has 1 fully saturated rings. The predicted octanol–water partition coefficient (Wildman–Crippen LogP) is 2.61. The fraction of sp³-hybridized carbons (Fsp3) is 0.333. The molecule has 1 aliphatic heterocycles. The third kappa shape index (κ3) is 3.95. The number of Topliss-reactive ketones (excluding diaryl/α,β-unsaturated/α-hetero) is 1. The summed E-state index contributed by atoms with van der Waals surface area (Å²) in [5.74, 6) is -0.878. The summed E-state index contributed by atoms with van der Waals surface area (Å²) in [5.41, 5.74) is 0.359. The van der Waals surface area contributed by atoms with E-state index >= 15 is 0 Å². The zero-order valence-corrected chi connectivity index (χ0v) is 16.1. The highest BCUT2D eigenvalue weighted by Crippen LogP contribution is 2.36. The summed E-state index contributed by atoms with van der Waals surface area (Å²) in [4.78, 5) is 26.7. The Morgan fingerprint density at radius 2 is 1.44 bits per heavy atom. The van der Waals surface area contributed by atoms with Crippen LogP contribution in [-0.2, 0) is 24.8 Å². The van der Waals surface area contributed by atoms with Crippen molar-refractivity contribution in [1.82, 2.24) is 4.90 Å². The Balaban J connectivity index is 1.71. The minimum Gasteiger partial charge on any atom is -0.342 e. The third-order valence-electron chi connectivity index (χ3n) is 5.39. The molecular weight excluding hydrogens is 362 g/mol. The highest BCUT2D eigenvalue weighted by molar-refractivity contribution is 7.92. The van der Waals surface area contributed by atoms with Crippen molar-refractivity contribution in [3.05, 3.63) is 66.2 Å². The average molecular weight is 385 g/mol. The Kier molecular flexibility index (Phi) is 5.46. The van der Waals surface area contributed by atoms with Crippen molar-refractivity contribution in [2.24, 2.45) is 0 Å². The van der Waals surface area contributed by atoms with Gasteiger partial charge in [0.2, 0.25) is 5.91 Å². The van der Waals surface area contributed by atoms with Gasteiger partial charge in [-0.1, -0.05) is 48.5 Å². The number of piperidine rings is 1. The fourth-order valence-corrected chi connectivity index (χ4v) is 4.95. The number of nitrogens with zero attached hydrogens (tertiary/aromatic N) is 1. The molecule has 0 unspecified atom stereocenters. The van der Waals surface area contributed by atoms with Gasteiger partial charge < -0.3 is 4.90 Å². The molecule has 1 heterocycles. The number of carbonyl (C=O) groups excluding carboxylic acids is 2. The lowest BCUT2D eigenvalue weighted by molar-refractivity contribution is -0.133. The van der Waals surface area contributed by atoms with E-state index in [0.29, 0.717) is 25.9 Å². The number of hydrogen-bond acceptors (Lipinski definition) is 4. The van der Waals surface area contributed by atoms with Crippen LogP contribution in [0.25, 0.3) is 0 Å². The maximum absolute atomic E-state index is 12.6. The summed E-state index contributed by atoms with van der Waals surface area (Å²) in [7, 11) is -3.66. The van der Waals surface area contributed by atoms with E-state index in [1.165, 1.54) is 12.1 Å². The van der Waals surface area contributed by atoms with Gasteiger partial charge in [0.1, 0.15) is 11.5 Å². The quantitative estimate of drug-likeness (QED) is 0.793. The van der Waals surface area contributed by atoms with Crippen LogP contribution in [0.15, 0.2) is 65.6 Å². The highest BCUT2D eigenvalue weighted by Gasteiger charge is 2.41. The van der Waals surface area contributed by atoms with E-state index in [1.54, 1.807) is 30.0 Å². The molecule has 3 rings (SSSR count). The molecule has 0 bridgehead atoms. The van der Waals surface area contributed by atoms with Crippen LogP contribution in [0.5, 0.6) is 0 Å². The van der Waals surface area contributed by atoms with Crippen LogP contribution in [0.3, 0.4) is 0 Å². The van der Waals surface area contributed by atoms with Crippen molar-refractivity contribution in [3.63, 3.8) is 0 Å². The normalized spacial score (nSPS) is 16.7. The fourth-order valence-electron chi connectivity index (χ4n) is 3.70. The minimum absolute atomic E-state index is 0.0812. The van der Waals surface area contributed by atoms with E-state index in [-0.39, 0.29) is 10.7 Å². The van der Waals surface area contributed by atoms with Crippen molar-refractivity contribution in [2.75, 3.05) is 18.8 Å². The lowest BCUT2D eigenvalue weighted by Gasteiger charge is -2.40. The first-order chi connectivity index (χ1) is 12.8. The Labute approximate surface area is 159 Å². The van der Waals surface area contributed by atoms with E-state index in [9.17, 15) is 18.0 Å². The Morgan fingerprint density at radius 1 is 0.926 bits per heavy atom. The first-order valence-electron chi connectivity index (χ1n) is 8.97. The van der Waals surface area contributed by atoms with Crippen molar-refractivity contribution in [1.29, 1.82) is 0 Å². The molecule has 2 aromatic carbocycles. The first-order valence-corrected chi connectivity index (χ1v) is 10.6. The Morgan fingerprint density at radius 3 is 1.96 bits per heavy atom. The smallest absolute Gasteiger partial charge is 0.238 e. The SMILES string of the molecule is CC(=O)C1(c2ccccc2)CCN(C(=O)CS(=O)(=O)c2ccccc2)CC1. The molecule has 0 aromatic heterocycles. The van der Waals surface area contributed by atoms with E-state index in [0.717, 1.165) is 5.56 Å². The summed E-state index contributed by atoms with van der Waals surface area (Å²) in [6.45, 7) is 2.33. The molecule has 0 N–H and O–H groups in total. The predicted molar refractivity (Wildman–Crippen MR) is 103 cm³/mol. The number of amides is 1. The minimum atomic E-state index is -3.66. The Bertz CT molecular complexity index is 915. The van der Waals surface area contributed by atoms with Crippen LogP contribution in [0, 0.1) is 0 Å². The second kappa shape index (κ2) is 7.64. The maximum atomic E-state index is 12.6. The lowest BCUT2D eigenvalue weighted by atomic mass is 9.70. The molecule has 142 valence electrons. The summed E-state index contributed by atoms with van der Waals surface area (Å²) in [5, 5.41) is 0. The van der Waals surface area contributed by atoms with Crippen LogP contribution < -0.4 is 0 Å². The summed E-state index contributed by atoms with van der Waals surface area (Å²) in [6.07, 6.45) is 1.01. The molecule has 1 aliphatic rings. The number of sulfone groups is 1. The number of rotatable bonds is 5. The van der Waals surface area contributed by atoms with Gasteiger partial charge in [0.25, 0.3) is 0 Å². The molecule has 2 aromatic rings. The second-order valence-corrected chi connectivity index (χ2v) is 8.95. The van der Waals surface area contributed by atoms with Gasteiger partial charge in [-0.2, -0.15) is 0 Å². The van der Waals surface area contributed by atoms with Crippen LogP contribution in [-0.4, -0.2) is 43.9 Å². The van der Waals surface area contributed by atoms with E-state index in [2.05, 4.69) is 0 Å². The second-order valence-electron chi connectivity index (χ2n) is 6.96. The zero-order valence-electron chi connectivity index (χ0n) is 15.3. The molecule has 1 amide bonds. The summed E-state index contributed by atoms with van der Waals surface area (Å²) in [6, 6.07) is 17.6. The van der Waals surface area contributed by atoms with E-state index in [1.807, 2.05) is 30.3 Å². The topological polar surface area (TPSA) is 71.5 Å². The molecule has 6 heteroatoms. The molecule has 0 aliphatic carbocycles. The molecule has 1 saturated heterocycles. The monoisotopic (exact) mass is 385 g/mol. The van der Waals surface area contributed by atoms with Crippen LogP contribution >= 0.6 is 0 Å². The number of benzene rings is 2. The zero-order chi connectivity index (χ0) is 19.5. The van der Waals surface area contributed by atoms with Gasteiger partial charge in [0, 0.05) is 13.1 Å². The van der Waals surface area contributed by atoms with Gasteiger partial charge in [-0.05, 0) is 37.5 Å². The number of carbonyl (C=O) groups is 2. The molecule has 0 radical (unpaired) electrons. The standard InChI is InChI=1S/C21H23NO4S/c1-17(23)21(18-8-4-2-5-9-18)12-14-22(15-13-21)20(24)16-27(25,26)19-10-6-3-7-11-19/h2-11H,12-16H2,1H3. The molecule has 0 atom stereocenters. The third-order valence-corrected chi connectivity index (χ3v) is 7.00. The van der Waals surface area contributed by atoms with Gasteiger partial charge in [0.15, 0.2) is 9.84 Å². The maximum Gasteiger partial charge on any atom is 0.238 e. The van der Waals surface area contributed by atoms with Crippen LogP contribution in [0.2, 0.25) is 0 Å². The summed E-state index contributed by atoms with van der Waals surface area (Å²) >= 11 is 0. The molecule has 5 nitrogen and oxygen atoms in total.